The molecule has 1 fully saturated rings. The molecule has 0 aliphatic heterocycles. The molecule has 6 heteroatoms. The average molecular weight is 476 g/mol. The molecule has 0 atom stereocenters. The van der Waals surface area contributed by atoms with Crippen LogP contribution in [0, 0.1) is 31.6 Å². The number of thiophene rings is 1. The lowest BCUT2D eigenvalue weighted by atomic mass is 9.98. The van der Waals surface area contributed by atoms with Crippen molar-refractivity contribution in [3.8, 4) is 0 Å². The first-order valence-electron chi connectivity index (χ1n) is 11.7. The van der Waals surface area contributed by atoms with E-state index < -0.39 is 5.97 Å². The van der Waals surface area contributed by atoms with Crippen LogP contribution in [0.15, 0.2) is 12.1 Å². The summed E-state index contributed by atoms with van der Waals surface area (Å²) in [6.45, 7) is 0. The molecule has 5 radical (unpaired) electrons. The first-order valence-corrected chi connectivity index (χ1v) is 13.7. The molecule has 0 saturated heterocycles. The molecular formula is C26H35O4S2. The van der Waals surface area contributed by atoms with E-state index in [1.165, 1.54) is 17.7 Å². The van der Waals surface area contributed by atoms with Gasteiger partial charge in [0.15, 0.2) is 5.78 Å². The quantitative estimate of drug-likeness (QED) is 0.181. The van der Waals surface area contributed by atoms with Crippen molar-refractivity contribution >= 4 is 40.6 Å². The predicted octanol–water partition coefficient (Wildman–Crippen LogP) is 6.56. The van der Waals surface area contributed by atoms with Crippen LogP contribution in [0.5, 0.6) is 0 Å². The van der Waals surface area contributed by atoms with Crippen LogP contribution >= 0.6 is 23.1 Å². The minimum absolute atomic E-state index is 0.215. The lowest BCUT2D eigenvalue weighted by Crippen LogP contribution is -2.08. The number of carboxylic acid groups (broad SMARTS) is 1. The van der Waals surface area contributed by atoms with Gasteiger partial charge in [-0.05, 0) is 75.7 Å². The third-order valence-corrected chi connectivity index (χ3v) is 7.66. The van der Waals surface area contributed by atoms with E-state index in [1.54, 1.807) is 23.1 Å². The van der Waals surface area contributed by atoms with Gasteiger partial charge in [0.05, 0.1) is 11.3 Å². The van der Waals surface area contributed by atoms with Crippen LogP contribution in [-0.4, -0.2) is 34.1 Å². The molecule has 0 unspecified atom stereocenters. The number of Topliss-reactive ketones (excluding diaryl/α,β-unsaturated/α-hetero) is 2. The van der Waals surface area contributed by atoms with Gasteiger partial charge in [-0.3, -0.25) is 14.4 Å². The van der Waals surface area contributed by atoms with E-state index in [0.717, 1.165) is 61.5 Å². The molecule has 1 saturated carbocycles. The minimum atomic E-state index is -0.719. The lowest BCUT2D eigenvalue weighted by molar-refractivity contribution is -0.136. The van der Waals surface area contributed by atoms with Crippen LogP contribution in [0.1, 0.15) is 85.2 Å². The molecule has 2 rings (SSSR count). The fourth-order valence-electron chi connectivity index (χ4n) is 3.53. The molecule has 1 aromatic heterocycles. The number of thioether (sulfide) groups is 1. The van der Waals surface area contributed by atoms with E-state index in [4.69, 9.17) is 5.11 Å². The van der Waals surface area contributed by atoms with Crippen LogP contribution in [0.3, 0.4) is 0 Å². The lowest BCUT2D eigenvalue weighted by Gasteiger charge is -2.05. The summed E-state index contributed by atoms with van der Waals surface area (Å²) in [4.78, 5) is 37.0. The number of carbonyl (C=O) groups excluding carboxylic acids is 2. The van der Waals surface area contributed by atoms with Crippen molar-refractivity contribution in [1.82, 2.24) is 0 Å². The van der Waals surface area contributed by atoms with Gasteiger partial charge in [0.1, 0.15) is 5.78 Å². The maximum atomic E-state index is 12.4. The number of hydrogen-bond acceptors (Lipinski definition) is 5. The molecule has 0 aromatic carbocycles. The van der Waals surface area contributed by atoms with Crippen molar-refractivity contribution in [2.45, 2.75) is 77.0 Å². The Morgan fingerprint density at radius 1 is 0.750 bits per heavy atom. The number of aryl methyl sites for hydroxylation is 1. The van der Waals surface area contributed by atoms with Gasteiger partial charge in [0.2, 0.25) is 0 Å². The number of carboxylic acids is 1. The van der Waals surface area contributed by atoms with Crippen LogP contribution in [0.2, 0.25) is 0 Å². The fraction of sp³-hybridized carbons (Fsp3) is 0.538. The zero-order valence-corrected chi connectivity index (χ0v) is 20.5. The molecule has 4 nitrogen and oxygen atoms in total. The van der Waals surface area contributed by atoms with Gasteiger partial charge in [-0.15, -0.1) is 11.3 Å². The summed E-state index contributed by atoms with van der Waals surface area (Å²) >= 11 is 3.33. The van der Waals surface area contributed by atoms with Gasteiger partial charge in [-0.25, -0.2) is 0 Å². The largest absolute Gasteiger partial charge is 0.481 e. The van der Waals surface area contributed by atoms with Gasteiger partial charge in [-0.1, -0.05) is 25.7 Å². The Morgan fingerprint density at radius 2 is 1.41 bits per heavy atom. The molecule has 1 aliphatic rings. The molecule has 1 aliphatic carbocycles. The highest BCUT2D eigenvalue weighted by Gasteiger charge is 2.23. The summed E-state index contributed by atoms with van der Waals surface area (Å²) in [5, 5.41) is 8.59. The summed E-state index contributed by atoms with van der Waals surface area (Å²) in [5.74, 6) is 2.30. The van der Waals surface area contributed by atoms with E-state index in [9.17, 15) is 14.4 Å². The summed E-state index contributed by atoms with van der Waals surface area (Å²) in [5.41, 5.74) is 0. The van der Waals surface area contributed by atoms with Crippen molar-refractivity contribution in [1.29, 1.82) is 0 Å². The highest BCUT2D eigenvalue weighted by molar-refractivity contribution is 7.99. The monoisotopic (exact) mass is 475 g/mol. The average Bonchev–Trinajstić information content (AvgIpc) is 3.47. The number of aliphatic carboxylic acids is 1. The molecule has 0 spiro atoms. The standard InChI is InChI=1S/C26H35O4S2/c27-23(21-11-6-7-12-21)14-9-8-13-22-16-17-25(32-22)24(28)15-5-3-1-2-4-10-19-31-20-18-26(29)30/h6-7,11-12,16-17H,1-5,8-10,13-15,18-20H2,(H,29,30). The maximum Gasteiger partial charge on any atom is 0.304 e. The van der Waals surface area contributed by atoms with Crippen LogP contribution in [-0.2, 0) is 16.0 Å². The van der Waals surface area contributed by atoms with Crippen LogP contribution in [0.4, 0.5) is 0 Å². The molecule has 0 bridgehead atoms. The van der Waals surface area contributed by atoms with Crippen molar-refractivity contribution in [2.24, 2.45) is 0 Å². The van der Waals surface area contributed by atoms with E-state index in [2.05, 4.69) is 6.07 Å². The van der Waals surface area contributed by atoms with E-state index in [1.807, 2.05) is 31.7 Å². The van der Waals surface area contributed by atoms with E-state index in [0.29, 0.717) is 18.6 Å². The van der Waals surface area contributed by atoms with Crippen LogP contribution < -0.4 is 0 Å². The van der Waals surface area contributed by atoms with E-state index >= 15 is 0 Å². The Kier molecular flexibility index (Phi) is 14.0. The molecule has 32 heavy (non-hydrogen) atoms. The first kappa shape index (κ1) is 27.1. The van der Waals surface area contributed by atoms with Gasteiger partial charge in [-0.2, -0.15) is 11.8 Å². The predicted molar refractivity (Wildman–Crippen MR) is 134 cm³/mol. The third-order valence-electron chi connectivity index (χ3n) is 5.40. The second kappa shape index (κ2) is 16.5. The SMILES string of the molecule is O=C(O)CCSCCCCCCCCC(=O)c1ccc(CCCCC(=O)[C]2[CH][CH][CH][CH]2)s1. The number of unbranched alkanes of at least 4 members (excludes halogenated alkanes) is 6. The molecule has 0 amide bonds. The zero-order valence-electron chi connectivity index (χ0n) is 18.9. The Labute approximate surface area is 201 Å². The topological polar surface area (TPSA) is 71.4 Å². The second-order valence-corrected chi connectivity index (χ2v) is 10.5. The number of ketones is 2. The molecule has 1 aromatic rings. The number of carbonyl (C=O) groups is 3. The van der Waals surface area contributed by atoms with Gasteiger partial charge in [0, 0.05) is 29.4 Å². The first-order chi connectivity index (χ1) is 15.6. The van der Waals surface area contributed by atoms with Gasteiger partial charge < -0.3 is 5.11 Å². The molecule has 1 N–H and O–H groups in total. The normalized spacial score (nSPS) is 14.1. The Hall–Kier alpha value is -1.14. The van der Waals surface area contributed by atoms with Gasteiger partial charge in [0.25, 0.3) is 0 Å². The number of rotatable bonds is 19. The molecule has 1 heterocycles. The van der Waals surface area contributed by atoms with Crippen molar-refractivity contribution in [2.75, 3.05) is 11.5 Å². The zero-order chi connectivity index (χ0) is 23.0. The van der Waals surface area contributed by atoms with Gasteiger partial charge >= 0.3 is 5.97 Å². The highest BCUT2D eigenvalue weighted by Crippen LogP contribution is 2.26. The molecular weight excluding hydrogens is 440 g/mol. The summed E-state index contributed by atoms with van der Waals surface area (Å²) < 4.78 is 0. The smallest absolute Gasteiger partial charge is 0.304 e. The maximum absolute atomic E-state index is 12.4. The second-order valence-electron chi connectivity index (χ2n) is 8.12. The van der Waals surface area contributed by atoms with Crippen molar-refractivity contribution in [3.63, 3.8) is 0 Å². The Bertz CT molecular complexity index is 692. The molecule has 175 valence electrons. The van der Waals surface area contributed by atoms with Crippen molar-refractivity contribution in [3.05, 3.63) is 53.5 Å². The summed E-state index contributed by atoms with van der Waals surface area (Å²) in [6, 6.07) is 4.02. The highest BCUT2D eigenvalue weighted by atomic mass is 32.2. The third kappa shape index (κ3) is 11.6. The van der Waals surface area contributed by atoms with Crippen LogP contribution in [0.25, 0.3) is 0 Å². The van der Waals surface area contributed by atoms with E-state index in [-0.39, 0.29) is 18.0 Å². The Balaban J connectivity index is 1.45. The fourth-order valence-corrected chi connectivity index (χ4v) is 5.48. The summed E-state index contributed by atoms with van der Waals surface area (Å²) in [7, 11) is 0. The number of hydrogen-bond donors (Lipinski definition) is 1. The Morgan fingerprint density at radius 3 is 2.16 bits per heavy atom. The summed E-state index contributed by atoms with van der Waals surface area (Å²) in [6.07, 6.45) is 18.5. The van der Waals surface area contributed by atoms with Crippen molar-refractivity contribution < 1.29 is 19.5 Å². The minimum Gasteiger partial charge on any atom is -0.481 e.